The fraction of sp³-hybridized carbons (Fsp3) is 0.667. The molecule has 0 radical (unpaired) electrons. The maximum Gasteiger partial charge on any atom is 0.303 e. The van der Waals surface area contributed by atoms with Crippen LogP contribution in [-0.4, -0.2) is 31.1 Å². The van der Waals surface area contributed by atoms with Gasteiger partial charge < -0.3 is 14.2 Å². The number of hydrogen-bond donors (Lipinski definition) is 0. The number of ether oxygens (including phenoxy) is 3. The Morgan fingerprint density at radius 3 is 2.79 bits per heavy atom. The first-order valence-corrected chi connectivity index (χ1v) is 6.62. The Kier molecular flexibility index (Phi) is 6.07. The lowest BCUT2D eigenvalue weighted by molar-refractivity contribution is -0.289. The maximum absolute atomic E-state index is 11.3. The van der Waals surface area contributed by atoms with Crippen LogP contribution < -0.4 is 0 Å². The van der Waals surface area contributed by atoms with Gasteiger partial charge in [-0.05, 0) is 24.8 Å². The zero-order chi connectivity index (χ0) is 14.3. The van der Waals surface area contributed by atoms with Crippen LogP contribution in [0.2, 0.25) is 0 Å². The van der Waals surface area contributed by atoms with E-state index in [2.05, 4.69) is 12.5 Å². The van der Waals surface area contributed by atoms with E-state index in [0.717, 1.165) is 18.4 Å². The van der Waals surface area contributed by atoms with Crippen molar-refractivity contribution in [1.29, 1.82) is 0 Å². The van der Waals surface area contributed by atoms with Gasteiger partial charge in [-0.25, -0.2) is 0 Å². The molecule has 0 N–H and O–H groups in total. The third-order valence-corrected chi connectivity index (χ3v) is 3.17. The average Bonchev–Trinajstić information content (AvgIpc) is 2.42. The average molecular weight is 266 g/mol. The molecule has 0 amide bonds. The van der Waals surface area contributed by atoms with Crippen LogP contribution in [0.3, 0.4) is 0 Å². The summed E-state index contributed by atoms with van der Waals surface area (Å²) < 4.78 is 16.9. The van der Waals surface area contributed by atoms with Crippen molar-refractivity contribution in [2.75, 3.05) is 13.2 Å². The van der Waals surface area contributed by atoms with Crippen LogP contribution in [0.5, 0.6) is 0 Å². The number of carbonyl (C=O) groups excluding carboxylic acids is 1. The molecular weight excluding hydrogens is 244 g/mol. The summed E-state index contributed by atoms with van der Waals surface area (Å²) in [5.74, 6) is 1.07. The third-order valence-electron chi connectivity index (χ3n) is 3.17. The van der Waals surface area contributed by atoms with E-state index < -0.39 is 11.9 Å². The molecule has 106 valence electrons. The second-order valence-electron chi connectivity index (χ2n) is 4.61. The molecular formula is C15H22O4. The van der Waals surface area contributed by atoms with Crippen LogP contribution in [0.25, 0.3) is 0 Å². The zero-order valence-electron chi connectivity index (χ0n) is 11.7. The van der Waals surface area contributed by atoms with Gasteiger partial charge in [-0.2, -0.15) is 0 Å². The van der Waals surface area contributed by atoms with Gasteiger partial charge in [0.25, 0.3) is 0 Å². The molecule has 1 aliphatic rings. The summed E-state index contributed by atoms with van der Waals surface area (Å²) in [4.78, 5) is 11.3. The summed E-state index contributed by atoms with van der Waals surface area (Å²) in [5.41, 5.74) is 0.772. The van der Waals surface area contributed by atoms with E-state index in [9.17, 15) is 4.79 Å². The summed E-state index contributed by atoms with van der Waals surface area (Å²) in [6, 6.07) is 0. The van der Waals surface area contributed by atoms with E-state index in [1.807, 2.05) is 6.92 Å². The molecule has 1 fully saturated rings. The molecule has 0 aromatic heterocycles. The molecule has 0 aromatic rings. The lowest BCUT2D eigenvalue weighted by Gasteiger charge is -2.42. The highest BCUT2D eigenvalue weighted by atomic mass is 16.7. The molecule has 0 unspecified atom stereocenters. The maximum atomic E-state index is 11.3. The van der Waals surface area contributed by atoms with Crippen LogP contribution in [0.15, 0.2) is 12.2 Å². The second kappa shape index (κ2) is 7.32. The van der Waals surface area contributed by atoms with Crippen LogP contribution in [0, 0.1) is 12.3 Å². The van der Waals surface area contributed by atoms with Crippen molar-refractivity contribution in [1.82, 2.24) is 0 Å². The van der Waals surface area contributed by atoms with E-state index in [4.69, 9.17) is 20.6 Å². The van der Waals surface area contributed by atoms with Crippen molar-refractivity contribution in [3.05, 3.63) is 12.2 Å². The minimum Gasteiger partial charge on any atom is -0.452 e. The van der Waals surface area contributed by atoms with Crippen LogP contribution in [0.1, 0.15) is 39.5 Å². The topological polar surface area (TPSA) is 44.8 Å². The first-order chi connectivity index (χ1) is 9.05. The highest BCUT2D eigenvalue weighted by Crippen LogP contribution is 2.35. The molecule has 0 bridgehead atoms. The molecule has 4 heteroatoms. The van der Waals surface area contributed by atoms with E-state index in [-0.39, 0.29) is 12.6 Å². The third kappa shape index (κ3) is 4.09. The summed E-state index contributed by atoms with van der Waals surface area (Å²) in [6.07, 6.45) is 7.88. The van der Waals surface area contributed by atoms with Crippen molar-refractivity contribution < 1.29 is 19.0 Å². The standard InChI is InChI=1S/C15H22O4/c1-5-10-17-15(9-7-8-11-18-15)14(12(3)6-2)19-13(4)16/h1,14H,3,6-11H2,2,4H3/t14-,15-/m1/s1. The molecule has 4 nitrogen and oxygen atoms in total. The lowest BCUT2D eigenvalue weighted by atomic mass is 9.93. The van der Waals surface area contributed by atoms with Crippen LogP contribution in [-0.2, 0) is 19.0 Å². The zero-order valence-corrected chi connectivity index (χ0v) is 11.7. The molecule has 1 saturated heterocycles. The number of rotatable bonds is 6. The molecule has 0 spiro atoms. The van der Waals surface area contributed by atoms with Gasteiger partial charge in [0.2, 0.25) is 5.79 Å². The Hall–Kier alpha value is -1.31. The summed E-state index contributed by atoms with van der Waals surface area (Å²) >= 11 is 0. The Morgan fingerprint density at radius 2 is 2.32 bits per heavy atom. The van der Waals surface area contributed by atoms with Crippen molar-refractivity contribution in [3.63, 3.8) is 0 Å². The molecule has 2 atom stereocenters. The fourth-order valence-corrected chi connectivity index (χ4v) is 2.19. The summed E-state index contributed by atoms with van der Waals surface area (Å²) in [6.45, 7) is 7.98. The van der Waals surface area contributed by atoms with Crippen molar-refractivity contribution >= 4 is 5.97 Å². The Labute approximate surface area is 115 Å². The predicted octanol–water partition coefficient (Wildman–Crippen LogP) is 2.43. The molecule has 0 aromatic carbocycles. The smallest absolute Gasteiger partial charge is 0.303 e. The van der Waals surface area contributed by atoms with Gasteiger partial charge in [0.15, 0.2) is 6.10 Å². The second-order valence-corrected chi connectivity index (χ2v) is 4.61. The monoisotopic (exact) mass is 266 g/mol. The van der Waals surface area contributed by atoms with Crippen LogP contribution >= 0.6 is 0 Å². The van der Waals surface area contributed by atoms with E-state index >= 15 is 0 Å². The minimum absolute atomic E-state index is 0.120. The SMILES string of the molecule is C#CCO[C@]1([C@H](OC(C)=O)C(=C)CC)CCCCO1. The van der Waals surface area contributed by atoms with Gasteiger partial charge >= 0.3 is 5.97 Å². The molecule has 19 heavy (non-hydrogen) atoms. The first kappa shape index (κ1) is 15.7. The normalized spacial score (nSPS) is 24.3. The lowest BCUT2D eigenvalue weighted by Crippen LogP contribution is -2.52. The van der Waals surface area contributed by atoms with Crippen molar-refractivity contribution in [2.45, 2.75) is 51.4 Å². The van der Waals surface area contributed by atoms with Gasteiger partial charge in [-0.3, -0.25) is 4.79 Å². The Balaban J connectivity index is 2.98. The fourth-order valence-electron chi connectivity index (χ4n) is 2.19. The van der Waals surface area contributed by atoms with Gasteiger partial charge in [0.05, 0.1) is 6.61 Å². The van der Waals surface area contributed by atoms with Gasteiger partial charge in [-0.1, -0.05) is 19.4 Å². The molecule has 0 saturated carbocycles. The number of carbonyl (C=O) groups is 1. The molecule has 1 aliphatic heterocycles. The van der Waals surface area contributed by atoms with Crippen molar-refractivity contribution in [3.8, 4) is 12.3 Å². The van der Waals surface area contributed by atoms with E-state index in [1.54, 1.807) is 0 Å². The van der Waals surface area contributed by atoms with Gasteiger partial charge in [-0.15, -0.1) is 6.42 Å². The number of terminal acetylenes is 1. The first-order valence-electron chi connectivity index (χ1n) is 6.62. The summed E-state index contributed by atoms with van der Waals surface area (Å²) in [7, 11) is 0. The van der Waals surface area contributed by atoms with E-state index in [0.29, 0.717) is 19.4 Å². The van der Waals surface area contributed by atoms with Crippen molar-refractivity contribution in [2.24, 2.45) is 0 Å². The highest BCUT2D eigenvalue weighted by molar-refractivity contribution is 5.66. The molecule has 1 heterocycles. The molecule has 1 rings (SSSR count). The largest absolute Gasteiger partial charge is 0.452 e. The Bertz CT molecular complexity index is 361. The van der Waals surface area contributed by atoms with Gasteiger partial charge in [0.1, 0.15) is 6.61 Å². The quantitative estimate of drug-likeness (QED) is 0.421. The van der Waals surface area contributed by atoms with E-state index in [1.165, 1.54) is 6.92 Å². The minimum atomic E-state index is -0.983. The predicted molar refractivity (Wildman–Crippen MR) is 72.3 cm³/mol. The Morgan fingerprint density at radius 1 is 1.58 bits per heavy atom. The number of hydrogen-bond acceptors (Lipinski definition) is 4. The highest BCUT2D eigenvalue weighted by Gasteiger charge is 2.45. The molecule has 0 aliphatic carbocycles. The van der Waals surface area contributed by atoms with Gasteiger partial charge in [0, 0.05) is 13.3 Å². The number of esters is 1. The van der Waals surface area contributed by atoms with Crippen LogP contribution in [0.4, 0.5) is 0 Å². The summed E-state index contributed by atoms with van der Waals surface area (Å²) in [5, 5.41) is 0.